The van der Waals surface area contributed by atoms with Gasteiger partial charge in [-0.2, -0.15) is 13.2 Å². The molecule has 3 aliphatic rings. The van der Waals surface area contributed by atoms with E-state index in [1.807, 2.05) is 24.4 Å². The lowest BCUT2D eigenvalue weighted by molar-refractivity contribution is -0.137. The summed E-state index contributed by atoms with van der Waals surface area (Å²) < 4.78 is 38.8. The first-order valence-electron chi connectivity index (χ1n) is 16.1. The van der Waals surface area contributed by atoms with Crippen molar-refractivity contribution in [3.8, 4) is 11.1 Å². The average Bonchev–Trinajstić information content (AvgIpc) is 3.10. The molecule has 0 unspecified atom stereocenters. The monoisotopic (exact) mass is 611 g/mol. The lowest BCUT2D eigenvalue weighted by atomic mass is 9.87. The minimum absolute atomic E-state index is 0.597. The van der Waals surface area contributed by atoms with E-state index < -0.39 is 11.7 Å². The summed E-state index contributed by atoms with van der Waals surface area (Å²) in [5.41, 5.74) is 7.96. The Morgan fingerprint density at radius 2 is 1.52 bits per heavy atom. The summed E-state index contributed by atoms with van der Waals surface area (Å²) in [6.45, 7) is 1.55. The molecule has 0 bridgehead atoms. The van der Waals surface area contributed by atoms with Gasteiger partial charge in [0.05, 0.1) is 5.56 Å². The van der Waals surface area contributed by atoms with Crippen molar-refractivity contribution in [1.29, 1.82) is 0 Å². The van der Waals surface area contributed by atoms with Gasteiger partial charge in [0.2, 0.25) is 0 Å². The molecule has 5 aromatic rings. The van der Waals surface area contributed by atoms with Crippen molar-refractivity contribution in [1.82, 2.24) is 4.90 Å². The second-order valence-corrected chi connectivity index (χ2v) is 12.2. The Bertz CT molecular complexity index is 2080. The highest BCUT2D eigenvalue weighted by Gasteiger charge is 2.30. The predicted molar refractivity (Wildman–Crippen MR) is 184 cm³/mol. The molecule has 0 atom stereocenters. The van der Waals surface area contributed by atoms with Gasteiger partial charge < -0.3 is 4.90 Å². The largest absolute Gasteiger partial charge is 0.416 e. The molecule has 0 saturated heterocycles. The first-order valence-corrected chi connectivity index (χ1v) is 16.1. The van der Waals surface area contributed by atoms with E-state index >= 15 is 0 Å². The standard InChI is InChI=1S/C24H20F3N.C18H16/c25-24(26,27)22-9-4-8-21(17-22)18-11-14-28(15-12-18)16-13-20-7-3-6-19-5-1-2-10-23(19)20;1-3-7-15-13(5-1)9-11-18-16-8-4-2-6-14(16)10-12-17(15)18/h1-12,14,17H,13,15-16H2;1,3,5,7-8,10-12H,2,4,6,9H2. The van der Waals surface area contributed by atoms with Gasteiger partial charge in [-0.15, -0.1) is 0 Å². The van der Waals surface area contributed by atoms with Crippen LogP contribution in [0.1, 0.15) is 40.7 Å². The first-order chi connectivity index (χ1) is 22.4. The molecule has 8 rings (SSSR count). The van der Waals surface area contributed by atoms with Gasteiger partial charge in [0, 0.05) is 13.1 Å². The number of hydrogen-bond acceptors (Lipinski definition) is 1. The van der Waals surface area contributed by atoms with E-state index in [1.165, 1.54) is 80.4 Å². The maximum atomic E-state index is 12.9. The van der Waals surface area contributed by atoms with Crippen LogP contribution in [-0.2, 0) is 25.4 Å². The number of hydrogen-bond donors (Lipinski definition) is 0. The fourth-order valence-corrected chi connectivity index (χ4v) is 6.87. The molecule has 230 valence electrons. The van der Waals surface area contributed by atoms with E-state index in [-0.39, 0.29) is 0 Å². The molecule has 2 aliphatic carbocycles. The number of allylic oxidation sites excluding steroid dienone is 2. The molecule has 0 saturated carbocycles. The number of fused-ring (bicyclic) bond motifs is 6. The van der Waals surface area contributed by atoms with E-state index in [4.69, 9.17) is 0 Å². The van der Waals surface area contributed by atoms with Crippen molar-refractivity contribution in [3.63, 3.8) is 0 Å². The van der Waals surface area contributed by atoms with Crippen molar-refractivity contribution >= 4 is 28.5 Å². The molecule has 46 heavy (non-hydrogen) atoms. The van der Waals surface area contributed by atoms with Gasteiger partial charge in [-0.05, 0) is 117 Å². The molecular weight excluding hydrogens is 575 g/mol. The summed E-state index contributed by atoms with van der Waals surface area (Å²) in [4.78, 5) is 2.18. The van der Waals surface area contributed by atoms with Gasteiger partial charge >= 0.3 is 6.18 Å². The molecule has 0 aromatic heterocycles. The maximum absolute atomic E-state index is 12.9. The van der Waals surface area contributed by atoms with E-state index in [0.29, 0.717) is 12.1 Å². The molecule has 0 fully saturated rings. The lowest BCUT2D eigenvalue weighted by Gasteiger charge is -2.23. The third-order valence-corrected chi connectivity index (χ3v) is 9.29. The lowest BCUT2D eigenvalue weighted by Crippen LogP contribution is -2.33. The Morgan fingerprint density at radius 3 is 2.39 bits per heavy atom. The normalized spacial score (nSPS) is 14.9. The third kappa shape index (κ3) is 6.30. The summed E-state index contributed by atoms with van der Waals surface area (Å²) in [6.07, 6.45) is 12.2. The van der Waals surface area contributed by atoms with E-state index in [1.54, 1.807) is 6.07 Å². The van der Waals surface area contributed by atoms with Gasteiger partial charge in [-0.25, -0.2) is 0 Å². The van der Waals surface area contributed by atoms with Crippen LogP contribution in [0.15, 0.2) is 121 Å². The van der Waals surface area contributed by atoms with Crippen molar-refractivity contribution < 1.29 is 13.2 Å². The Morgan fingerprint density at radius 1 is 0.696 bits per heavy atom. The number of rotatable bonds is 4. The van der Waals surface area contributed by atoms with Gasteiger partial charge in [-0.3, -0.25) is 0 Å². The topological polar surface area (TPSA) is 3.24 Å². The third-order valence-electron chi connectivity index (χ3n) is 9.29. The van der Waals surface area contributed by atoms with Crippen LogP contribution in [0.25, 0.3) is 39.6 Å². The van der Waals surface area contributed by atoms with Gasteiger partial charge in [-0.1, -0.05) is 109 Å². The minimum Gasteiger partial charge on any atom is -0.373 e. The highest BCUT2D eigenvalue weighted by atomic mass is 19.4. The van der Waals surface area contributed by atoms with Gasteiger partial charge in [0.15, 0.2) is 0 Å². The SMILES string of the molecule is C1=c2c(ccc3c2=CCc2ccccc2-3)CCC1.FC(F)(F)c1cccc(C2=CCN(CCc3cccc4ccccc34)C=C2)c1. The zero-order valence-electron chi connectivity index (χ0n) is 25.7. The maximum Gasteiger partial charge on any atom is 0.416 e. The highest BCUT2D eigenvalue weighted by Crippen LogP contribution is 2.32. The fraction of sp³-hybridized carbons (Fsp3) is 0.190. The molecule has 0 radical (unpaired) electrons. The highest BCUT2D eigenvalue weighted by molar-refractivity contribution is 5.85. The average molecular weight is 612 g/mol. The Balaban J connectivity index is 0.000000161. The molecular formula is C42H36F3N. The first kappa shape index (κ1) is 29.9. The van der Waals surface area contributed by atoms with Crippen LogP contribution < -0.4 is 10.4 Å². The predicted octanol–water partition coefficient (Wildman–Crippen LogP) is 9.12. The van der Waals surface area contributed by atoms with Crippen molar-refractivity contribution in [3.05, 3.63) is 160 Å². The van der Waals surface area contributed by atoms with Crippen LogP contribution in [0.3, 0.4) is 0 Å². The summed E-state index contributed by atoms with van der Waals surface area (Å²) in [5.74, 6) is 0. The van der Waals surface area contributed by atoms with Crippen LogP contribution >= 0.6 is 0 Å². The quantitative estimate of drug-likeness (QED) is 0.196. The van der Waals surface area contributed by atoms with Crippen LogP contribution in [0.5, 0.6) is 0 Å². The molecule has 5 aromatic carbocycles. The van der Waals surface area contributed by atoms with Crippen molar-refractivity contribution in [2.45, 2.75) is 38.3 Å². The fourth-order valence-electron chi connectivity index (χ4n) is 6.87. The van der Waals surface area contributed by atoms with E-state index in [9.17, 15) is 13.2 Å². The second kappa shape index (κ2) is 12.9. The van der Waals surface area contributed by atoms with Crippen LogP contribution in [-0.4, -0.2) is 18.0 Å². The molecule has 0 N–H and O–H groups in total. The molecule has 1 aliphatic heterocycles. The Labute approximate surface area is 268 Å². The summed E-state index contributed by atoms with van der Waals surface area (Å²) in [7, 11) is 0. The van der Waals surface area contributed by atoms with Gasteiger partial charge in [0.25, 0.3) is 0 Å². The Kier molecular flexibility index (Phi) is 8.36. The smallest absolute Gasteiger partial charge is 0.373 e. The molecule has 1 nitrogen and oxygen atoms in total. The summed E-state index contributed by atoms with van der Waals surface area (Å²) in [5, 5.41) is 5.49. The summed E-state index contributed by atoms with van der Waals surface area (Å²) >= 11 is 0. The molecule has 0 amide bonds. The van der Waals surface area contributed by atoms with Crippen LogP contribution in [0, 0.1) is 0 Å². The van der Waals surface area contributed by atoms with Crippen LogP contribution in [0.4, 0.5) is 13.2 Å². The molecule has 0 spiro atoms. The Hall–Kier alpha value is -4.83. The van der Waals surface area contributed by atoms with Crippen molar-refractivity contribution in [2.24, 2.45) is 0 Å². The minimum atomic E-state index is -4.32. The van der Waals surface area contributed by atoms with Crippen LogP contribution in [0.2, 0.25) is 0 Å². The number of aryl methyl sites for hydroxylation is 1. The number of alkyl halides is 3. The number of halogens is 3. The summed E-state index contributed by atoms with van der Waals surface area (Å²) in [6, 6.07) is 33.6. The zero-order valence-corrected chi connectivity index (χ0v) is 25.7. The van der Waals surface area contributed by atoms with E-state index in [0.717, 1.165) is 31.0 Å². The van der Waals surface area contributed by atoms with Gasteiger partial charge in [0.1, 0.15) is 0 Å². The number of nitrogens with zero attached hydrogens (tertiary/aromatic N) is 1. The zero-order chi connectivity index (χ0) is 31.5. The molecule has 4 heteroatoms. The second-order valence-electron chi connectivity index (χ2n) is 12.2. The number of benzene rings is 5. The molecule has 1 heterocycles. The van der Waals surface area contributed by atoms with E-state index in [2.05, 4.69) is 89.8 Å². The van der Waals surface area contributed by atoms with Crippen molar-refractivity contribution in [2.75, 3.05) is 13.1 Å².